The van der Waals surface area contributed by atoms with Crippen LogP contribution >= 0.6 is 11.3 Å². The SMILES string of the molecule is CNc1nc(C)cc(NC(C)Cc2ccsc2)n1. The summed E-state index contributed by atoms with van der Waals surface area (Å²) in [4.78, 5) is 8.67. The zero-order valence-electron chi connectivity index (χ0n) is 10.9. The van der Waals surface area contributed by atoms with Crippen molar-refractivity contribution in [3.05, 3.63) is 34.2 Å². The van der Waals surface area contributed by atoms with Gasteiger partial charge in [0.25, 0.3) is 0 Å². The molecule has 0 aliphatic rings. The molecular formula is C13H18N4S. The zero-order chi connectivity index (χ0) is 13.0. The molecule has 2 N–H and O–H groups in total. The molecule has 0 bridgehead atoms. The molecule has 96 valence electrons. The molecule has 0 fully saturated rings. The van der Waals surface area contributed by atoms with Crippen LogP contribution in [0.1, 0.15) is 18.2 Å². The second-order valence-electron chi connectivity index (χ2n) is 4.35. The van der Waals surface area contributed by atoms with Gasteiger partial charge in [0.2, 0.25) is 5.95 Å². The Kier molecular flexibility index (Phi) is 4.15. The molecule has 1 atom stereocenters. The van der Waals surface area contributed by atoms with Gasteiger partial charge in [-0.25, -0.2) is 4.98 Å². The average molecular weight is 262 g/mol. The quantitative estimate of drug-likeness (QED) is 0.870. The minimum Gasteiger partial charge on any atom is -0.367 e. The minimum absolute atomic E-state index is 0.346. The molecule has 0 amide bonds. The predicted molar refractivity (Wildman–Crippen MR) is 77.4 cm³/mol. The van der Waals surface area contributed by atoms with E-state index in [1.807, 2.05) is 20.0 Å². The lowest BCUT2D eigenvalue weighted by molar-refractivity contribution is 0.785. The summed E-state index contributed by atoms with van der Waals surface area (Å²) in [7, 11) is 1.83. The second-order valence-corrected chi connectivity index (χ2v) is 5.13. The normalized spacial score (nSPS) is 12.2. The maximum Gasteiger partial charge on any atom is 0.224 e. The van der Waals surface area contributed by atoms with E-state index in [0.717, 1.165) is 17.9 Å². The summed E-state index contributed by atoms with van der Waals surface area (Å²) in [5, 5.41) is 10.7. The molecule has 0 aliphatic carbocycles. The van der Waals surface area contributed by atoms with E-state index in [9.17, 15) is 0 Å². The van der Waals surface area contributed by atoms with Crippen molar-refractivity contribution in [3.8, 4) is 0 Å². The Balaban J connectivity index is 2.02. The first-order chi connectivity index (χ1) is 8.67. The number of thiophene rings is 1. The van der Waals surface area contributed by atoms with Gasteiger partial charge in [0.15, 0.2) is 0 Å². The lowest BCUT2D eigenvalue weighted by Crippen LogP contribution is -2.19. The molecule has 1 unspecified atom stereocenters. The van der Waals surface area contributed by atoms with Gasteiger partial charge in [-0.2, -0.15) is 16.3 Å². The maximum absolute atomic E-state index is 4.39. The van der Waals surface area contributed by atoms with E-state index in [4.69, 9.17) is 0 Å². The van der Waals surface area contributed by atoms with E-state index in [0.29, 0.717) is 12.0 Å². The molecular weight excluding hydrogens is 244 g/mol. The predicted octanol–water partition coefficient (Wildman–Crippen LogP) is 2.93. The van der Waals surface area contributed by atoms with Gasteiger partial charge in [0.1, 0.15) is 5.82 Å². The lowest BCUT2D eigenvalue weighted by Gasteiger charge is -2.14. The molecule has 4 nitrogen and oxygen atoms in total. The van der Waals surface area contributed by atoms with Gasteiger partial charge in [-0.3, -0.25) is 0 Å². The molecule has 0 saturated heterocycles. The number of hydrogen-bond acceptors (Lipinski definition) is 5. The molecule has 5 heteroatoms. The smallest absolute Gasteiger partial charge is 0.224 e. The van der Waals surface area contributed by atoms with Crippen LogP contribution in [-0.2, 0) is 6.42 Å². The number of hydrogen-bond donors (Lipinski definition) is 2. The molecule has 2 aromatic rings. The Morgan fingerprint density at radius 1 is 1.39 bits per heavy atom. The van der Waals surface area contributed by atoms with Crippen LogP contribution in [0, 0.1) is 6.92 Å². The summed E-state index contributed by atoms with van der Waals surface area (Å²) in [6.07, 6.45) is 1.00. The van der Waals surface area contributed by atoms with Crippen molar-refractivity contribution < 1.29 is 0 Å². The molecule has 2 rings (SSSR count). The standard InChI is InChI=1S/C13H18N4S/c1-9(6-11-4-5-18-8-11)15-12-7-10(2)16-13(14-3)17-12/h4-5,7-9H,6H2,1-3H3,(H2,14,15,16,17). The van der Waals surface area contributed by atoms with Gasteiger partial charge in [-0.05, 0) is 42.7 Å². The summed E-state index contributed by atoms with van der Waals surface area (Å²) < 4.78 is 0. The zero-order valence-corrected chi connectivity index (χ0v) is 11.7. The van der Waals surface area contributed by atoms with Crippen LogP contribution in [0.2, 0.25) is 0 Å². The van der Waals surface area contributed by atoms with Crippen molar-refractivity contribution in [3.63, 3.8) is 0 Å². The third-order valence-electron chi connectivity index (χ3n) is 2.59. The Morgan fingerprint density at radius 3 is 2.89 bits per heavy atom. The first-order valence-corrected chi connectivity index (χ1v) is 6.92. The number of aryl methyl sites for hydroxylation is 1. The molecule has 2 heterocycles. The van der Waals surface area contributed by atoms with Crippen molar-refractivity contribution >= 4 is 23.1 Å². The highest BCUT2D eigenvalue weighted by Gasteiger charge is 2.06. The van der Waals surface area contributed by atoms with E-state index < -0.39 is 0 Å². The van der Waals surface area contributed by atoms with Gasteiger partial charge in [-0.1, -0.05) is 0 Å². The summed E-state index contributed by atoms with van der Waals surface area (Å²) in [6, 6.07) is 4.47. The Morgan fingerprint density at radius 2 is 2.22 bits per heavy atom. The van der Waals surface area contributed by atoms with Crippen molar-refractivity contribution in [2.24, 2.45) is 0 Å². The largest absolute Gasteiger partial charge is 0.367 e. The first-order valence-electron chi connectivity index (χ1n) is 5.98. The first kappa shape index (κ1) is 12.8. The maximum atomic E-state index is 4.39. The van der Waals surface area contributed by atoms with Crippen LogP contribution in [0.25, 0.3) is 0 Å². The monoisotopic (exact) mass is 262 g/mol. The fourth-order valence-electron chi connectivity index (χ4n) is 1.82. The van der Waals surface area contributed by atoms with Gasteiger partial charge in [0.05, 0.1) is 0 Å². The van der Waals surface area contributed by atoms with Crippen molar-refractivity contribution in [2.45, 2.75) is 26.3 Å². The van der Waals surface area contributed by atoms with Gasteiger partial charge in [0, 0.05) is 24.8 Å². The Labute approximate surface area is 111 Å². The van der Waals surface area contributed by atoms with Crippen LogP contribution in [0.15, 0.2) is 22.9 Å². The molecule has 0 radical (unpaired) electrons. The summed E-state index contributed by atoms with van der Waals surface area (Å²) in [5.41, 5.74) is 2.32. The summed E-state index contributed by atoms with van der Waals surface area (Å²) in [6.45, 7) is 4.13. The Hall–Kier alpha value is -1.62. The van der Waals surface area contributed by atoms with Crippen molar-refractivity contribution in [1.82, 2.24) is 9.97 Å². The minimum atomic E-state index is 0.346. The number of nitrogens with one attached hydrogen (secondary N) is 2. The third kappa shape index (κ3) is 3.43. The van der Waals surface area contributed by atoms with Gasteiger partial charge >= 0.3 is 0 Å². The van der Waals surface area contributed by atoms with Crippen LogP contribution in [0.5, 0.6) is 0 Å². The van der Waals surface area contributed by atoms with E-state index >= 15 is 0 Å². The summed E-state index contributed by atoms with van der Waals surface area (Å²) >= 11 is 1.73. The third-order valence-corrected chi connectivity index (χ3v) is 3.33. The van der Waals surface area contributed by atoms with Crippen LogP contribution in [0.3, 0.4) is 0 Å². The highest BCUT2D eigenvalue weighted by atomic mass is 32.1. The van der Waals surface area contributed by atoms with Crippen molar-refractivity contribution in [2.75, 3.05) is 17.7 Å². The van der Waals surface area contributed by atoms with E-state index in [-0.39, 0.29) is 0 Å². The molecule has 0 aliphatic heterocycles. The van der Waals surface area contributed by atoms with E-state index in [1.165, 1.54) is 5.56 Å². The number of nitrogens with zero attached hydrogens (tertiary/aromatic N) is 2. The van der Waals surface area contributed by atoms with E-state index in [2.05, 4.69) is 44.4 Å². The highest BCUT2D eigenvalue weighted by molar-refractivity contribution is 7.07. The molecule has 0 saturated carbocycles. The van der Waals surface area contributed by atoms with Crippen LogP contribution in [0.4, 0.5) is 11.8 Å². The van der Waals surface area contributed by atoms with Gasteiger partial charge < -0.3 is 10.6 Å². The number of rotatable bonds is 5. The lowest BCUT2D eigenvalue weighted by atomic mass is 10.1. The topological polar surface area (TPSA) is 49.8 Å². The molecule has 0 spiro atoms. The Bertz CT molecular complexity index is 496. The van der Waals surface area contributed by atoms with Crippen LogP contribution < -0.4 is 10.6 Å². The summed E-state index contributed by atoms with van der Waals surface area (Å²) in [5.74, 6) is 1.52. The van der Waals surface area contributed by atoms with Crippen molar-refractivity contribution in [1.29, 1.82) is 0 Å². The molecule has 0 aromatic carbocycles. The highest BCUT2D eigenvalue weighted by Crippen LogP contribution is 2.13. The number of anilines is 2. The van der Waals surface area contributed by atoms with E-state index in [1.54, 1.807) is 11.3 Å². The fraction of sp³-hybridized carbons (Fsp3) is 0.385. The number of aromatic nitrogens is 2. The van der Waals surface area contributed by atoms with Crippen LogP contribution in [-0.4, -0.2) is 23.1 Å². The average Bonchev–Trinajstić information content (AvgIpc) is 2.80. The second kappa shape index (κ2) is 5.82. The molecule has 18 heavy (non-hydrogen) atoms. The fourth-order valence-corrected chi connectivity index (χ4v) is 2.50. The molecule has 2 aromatic heterocycles. The van der Waals surface area contributed by atoms with Gasteiger partial charge in [-0.15, -0.1) is 0 Å².